The SMILES string of the molecule is C=CCS(=O)(=O)N(C)C1CNC1. The fourth-order valence-corrected chi connectivity index (χ4v) is 2.16. The molecule has 1 aliphatic heterocycles. The Bertz CT molecular complexity index is 257. The normalized spacial score (nSPS) is 19.2. The molecule has 0 amide bonds. The van der Waals surface area contributed by atoms with E-state index in [2.05, 4.69) is 11.9 Å². The molecule has 1 heterocycles. The van der Waals surface area contributed by atoms with E-state index in [0.717, 1.165) is 13.1 Å². The van der Waals surface area contributed by atoms with E-state index in [1.54, 1.807) is 7.05 Å². The van der Waals surface area contributed by atoms with Gasteiger partial charge in [0.2, 0.25) is 10.0 Å². The Kier molecular flexibility index (Phi) is 2.87. The molecule has 70 valence electrons. The van der Waals surface area contributed by atoms with Crippen LogP contribution in [-0.2, 0) is 10.0 Å². The first kappa shape index (κ1) is 9.70. The van der Waals surface area contributed by atoms with Gasteiger partial charge in [-0.25, -0.2) is 8.42 Å². The lowest BCUT2D eigenvalue weighted by atomic mass is 10.2. The lowest BCUT2D eigenvalue weighted by Crippen LogP contribution is -2.57. The predicted molar refractivity (Wildman–Crippen MR) is 48.4 cm³/mol. The van der Waals surface area contributed by atoms with Crippen LogP contribution < -0.4 is 5.32 Å². The molecule has 1 fully saturated rings. The van der Waals surface area contributed by atoms with Gasteiger partial charge in [-0.05, 0) is 0 Å². The first-order valence-corrected chi connectivity index (χ1v) is 5.46. The smallest absolute Gasteiger partial charge is 0.217 e. The van der Waals surface area contributed by atoms with Gasteiger partial charge in [-0.1, -0.05) is 6.08 Å². The first-order chi connectivity index (χ1) is 5.58. The fourth-order valence-electron chi connectivity index (χ4n) is 1.02. The van der Waals surface area contributed by atoms with E-state index in [1.165, 1.54) is 10.4 Å². The largest absolute Gasteiger partial charge is 0.313 e. The zero-order valence-electron chi connectivity index (χ0n) is 7.16. The molecule has 0 spiro atoms. The second kappa shape index (κ2) is 3.55. The lowest BCUT2D eigenvalue weighted by Gasteiger charge is -2.34. The van der Waals surface area contributed by atoms with Crippen LogP contribution in [0.5, 0.6) is 0 Å². The summed E-state index contributed by atoms with van der Waals surface area (Å²) in [6.07, 6.45) is 1.41. The van der Waals surface area contributed by atoms with E-state index in [9.17, 15) is 8.42 Å². The van der Waals surface area contributed by atoms with Crippen LogP contribution in [-0.4, -0.2) is 44.7 Å². The van der Waals surface area contributed by atoms with Crippen LogP contribution in [0.15, 0.2) is 12.7 Å². The number of likely N-dealkylation sites (N-methyl/N-ethyl adjacent to an activating group) is 1. The van der Waals surface area contributed by atoms with E-state index in [4.69, 9.17) is 0 Å². The second-order valence-electron chi connectivity index (χ2n) is 2.90. The van der Waals surface area contributed by atoms with Gasteiger partial charge in [-0.2, -0.15) is 4.31 Å². The number of sulfonamides is 1. The van der Waals surface area contributed by atoms with Gasteiger partial charge >= 0.3 is 0 Å². The molecule has 1 rings (SSSR count). The molecule has 0 aliphatic carbocycles. The number of hydrogen-bond donors (Lipinski definition) is 1. The summed E-state index contributed by atoms with van der Waals surface area (Å²) in [4.78, 5) is 0. The summed E-state index contributed by atoms with van der Waals surface area (Å²) >= 11 is 0. The van der Waals surface area contributed by atoms with Gasteiger partial charge in [0.25, 0.3) is 0 Å². The number of nitrogens with zero attached hydrogens (tertiary/aromatic N) is 1. The molecule has 1 N–H and O–H groups in total. The molecule has 0 aromatic carbocycles. The third-order valence-electron chi connectivity index (χ3n) is 2.04. The summed E-state index contributed by atoms with van der Waals surface area (Å²) in [5.41, 5.74) is 0. The standard InChI is InChI=1S/C7H14N2O2S/c1-3-4-12(10,11)9(2)7-5-8-6-7/h3,7-8H,1,4-6H2,2H3. The maximum Gasteiger partial charge on any atom is 0.217 e. The summed E-state index contributed by atoms with van der Waals surface area (Å²) in [6.45, 7) is 4.92. The first-order valence-electron chi connectivity index (χ1n) is 3.85. The van der Waals surface area contributed by atoms with Crippen molar-refractivity contribution in [1.29, 1.82) is 0 Å². The van der Waals surface area contributed by atoms with E-state index < -0.39 is 10.0 Å². The van der Waals surface area contributed by atoms with Crippen molar-refractivity contribution in [3.8, 4) is 0 Å². The van der Waals surface area contributed by atoms with E-state index in [1.807, 2.05) is 0 Å². The molecule has 0 atom stereocenters. The molecule has 0 radical (unpaired) electrons. The molecule has 1 saturated heterocycles. The summed E-state index contributed by atoms with van der Waals surface area (Å²) < 4.78 is 24.2. The van der Waals surface area contributed by atoms with Gasteiger partial charge in [0.1, 0.15) is 0 Å². The zero-order valence-corrected chi connectivity index (χ0v) is 7.97. The maximum atomic E-state index is 11.4. The van der Waals surface area contributed by atoms with Crippen LogP contribution in [0.4, 0.5) is 0 Å². The number of rotatable bonds is 4. The van der Waals surface area contributed by atoms with Crippen molar-refractivity contribution in [3.63, 3.8) is 0 Å². The molecule has 5 heteroatoms. The predicted octanol–water partition coefficient (Wildman–Crippen LogP) is -0.594. The van der Waals surface area contributed by atoms with Crippen molar-refractivity contribution >= 4 is 10.0 Å². The average Bonchev–Trinajstić information content (AvgIpc) is 1.83. The molecule has 1 aliphatic rings. The minimum atomic E-state index is -3.10. The van der Waals surface area contributed by atoms with Gasteiger partial charge in [0.15, 0.2) is 0 Å². The van der Waals surface area contributed by atoms with Crippen molar-refractivity contribution in [2.45, 2.75) is 6.04 Å². The molecule has 4 nitrogen and oxygen atoms in total. The Morgan fingerprint density at radius 3 is 2.58 bits per heavy atom. The van der Waals surface area contributed by atoms with Crippen molar-refractivity contribution in [1.82, 2.24) is 9.62 Å². The molecule has 0 aromatic heterocycles. The maximum absolute atomic E-state index is 11.4. The molecular weight excluding hydrogens is 176 g/mol. The van der Waals surface area contributed by atoms with Crippen LogP contribution in [0.1, 0.15) is 0 Å². The number of nitrogens with one attached hydrogen (secondary N) is 1. The quantitative estimate of drug-likeness (QED) is 0.603. The van der Waals surface area contributed by atoms with E-state index in [0.29, 0.717) is 0 Å². The van der Waals surface area contributed by atoms with E-state index >= 15 is 0 Å². The van der Waals surface area contributed by atoms with Crippen LogP contribution in [0.3, 0.4) is 0 Å². The lowest BCUT2D eigenvalue weighted by molar-refractivity contribution is 0.275. The average molecular weight is 190 g/mol. The van der Waals surface area contributed by atoms with Crippen molar-refractivity contribution in [2.24, 2.45) is 0 Å². The van der Waals surface area contributed by atoms with Crippen LogP contribution in [0.2, 0.25) is 0 Å². The Morgan fingerprint density at radius 1 is 1.67 bits per heavy atom. The van der Waals surface area contributed by atoms with Gasteiger partial charge < -0.3 is 5.32 Å². The van der Waals surface area contributed by atoms with Crippen molar-refractivity contribution < 1.29 is 8.42 Å². The van der Waals surface area contributed by atoms with Gasteiger partial charge in [0, 0.05) is 26.2 Å². The monoisotopic (exact) mass is 190 g/mol. The Balaban J connectivity index is 2.60. The highest BCUT2D eigenvalue weighted by Crippen LogP contribution is 2.08. The molecule has 0 bridgehead atoms. The minimum Gasteiger partial charge on any atom is -0.313 e. The molecule has 12 heavy (non-hydrogen) atoms. The number of hydrogen-bond acceptors (Lipinski definition) is 3. The molecule has 0 aromatic rings. The highest BCUT2D eigenvalue weighted by molar-refractivity contribution is 7.89. The molecule has 0 saturated carbocycles. The molecule has 0 unspecified atom stereocenters. The Hall–Kier alpha value is -0.390. The Morgan fingerprint density at radius 2 is 2.25 bits per heavy atom. The summed E-state index contributed by atoms with van der Waals surface area (Å²) in [7, 11) is -1.48. The van der Waals surface area contributed by atoms with Gasteiger partial charge in [0.05, 0.1) is 5.75 Å². The third kappa shape index (κ3) is 1.85. The van der Waals surface area contributed by atoms with Crippen molar-refractivity contribution in [3.05, 3.63) is 12.7 Å². The second-order valence-corrected chi connectivity index (χ2v) is 4.97. The third-order valence-corrected chi connectivity index (χ3v) is 3.87. The Labute approximate surface area is 73.3 Å². The highest BCUT2D eigenvalue weighted by atomic mass is 32.2. The summed E-state index contributed by atoms with van der Waals surface area (Å²) in [5.74, 6) is 0.0278. The summed E-state index contributed by atoms with van der Waals surface area (Å²) in [5, 5.41) is 3.02. The molecular formula is C7H14N2O2S. The minimum absolute atomic E-state index is 0.0278. The van der Waals surface area contributed by atoms with Gasteiger partial charge in [-0.15, -0.1) is 6.58 Å². The van der Waals surface area contributed by atoms with E-state index in [-0.39, 0.29) is 11.8 Å². The zero-order chi connectivity index (χ0) is 9.19. The van der Waals surface area contributed by atoms with Crippen LogP contribution in [0.25, 0.3) is 0 Å². The van der Waals surface area contributed by atoms with Crippen LogP contribution in [0, 0.1) is 0 Å². The highest BCUT2D eigenvalue weighted by Gasteiger charge is 2.29. The summed E-state index contributed by atoms with van der Waals surface area (Å²) in [6, 6.07) is 0.134. The topological polar surface area (TPSA) is 49.4 Å². The van der Waals surface area contributed by atoms with Gasteiger partial charge in [-0.3, -0.25) is 0 Å². The van der Waals surface area contributed by atoms with Crippen molar-refractivity contribution in [2.75, 3.05) is 25.9 Å². The fraction of sp³-hybridized carbons (Fsp3) is 0.714. The van der Waals surface area contributed by atoms with Crippen LogP contribution >= 0.6 is 0 Å².